The van der Waals surface area contributed by atoms with Crippen molar-refractivity contribution in [3.8, 4) is 22.8 Å². The molecule has 0 bridgehead atoms. The number of fused-ring (bicyclic) bond motifs is 1. The molecule has 0 unspecified atom stereocenters. The number of aromatic amines is 1. The lowest BCUT2D eigenvalue weighted by atomic mass is 9.88. The molecule has 2 heterocycles. The maximum absolute atomic E-state index is 13.7. The lowest BCUT2D eigenvalue weighted by Crippen LogP contribution is -2.44. The Hall–Kier alpha value is -3.20. The first kappa shape index (κ1) is 28.8. The molecule has 39 heavy (non-hydrogen) atoms. The number of ether oxygens (including phenoxy) is 2. The predicted molar refractivity (Wildman–Crippen MR) is 148 cm³/mol. The Balaban J connectivity index is 1.57. The molecule has 1 amide bonds. The quantitative estimate of drug-likeness (QED) is 0.308. The summed E-state index contributed by atoms with van der Waals surface area (Å²) in [6.07, 6.45) is -1.87. The van der Waals surface area contributed by atoms with Gasteiger partial charge in [-0.25, -0.2) is 0 Å². The number of likely N-dealkylation sites (tertiary alicyclic amines) is 1. The summed E-state index contributed by atoms with van der Waals surface area (Å²) in [5.41, 5.74) is 2.95. The molecule has 1 aliphatic heterocycles. The number of rotatable bonds is 10. The van der Waals surface area contributed by atoms with E-state index in [1.807, 2.05) is 18.2 Å². The Morgan fingerprint density at radius 2 is 1.74 bits per heavy atom. The van der Waals surface area contributed by atoms with Crippen molar-refractivity contribution in [2.75, 3.05) is 33.9 Å². The molecule has 0 aliphatic carbocycles. The van der Waals surface area contributed by atoms with Crippen molar-refractivity contribution in [3.05, 3.63) is 47.5 Å². The third-order valence-corrected chi connectivity index (χ3v) is 7.76. The van der Waals surface area contributed by atoms with Gasteiger partial charge >= 0.3 is 6.18 Å². The van der Waals surface area contributed by atoms with Crippen molar-refractivity contribution in [2.24, 2.45) is 0 Å². The van der Waals surface area contributed by atoms with Gasteiger partial charge in [-0.2, -0.15) is 13.2 Å². The van der Waals surface area contributed by atoms with Crippen LogP contribution in [0.1, 0.15) is 56.6 Å². The van der Waals surface area contributed by atoms with Gasteiger partial charge in [-0.3, -0.25) is 9.69 Å². The van der Waals surface area contributed by atoms with Crippen LogP contribution >= 0.6 is 0 Å². The van der Waals surface area contributed by atoms with Crippen LogP contribution in [0.5, 0.6) is 11.5 Å². The molecule has 4 rings (SSSR count). The van der Waals surface area contributed by atoms with Crippen molar-refractivity contribution in [2.45, 2.75) is 64.1 Å². The first-order valence-electron chi connectivity index (χ1n) is 13.6. The first-order chi connectivity index (χ1) is 18.6. The summed E-state index contributed by atoms with van der Waals surface area (Å²) in [6, 6.07) is 11.1. The normalized spacial score (nSPS) is 15.2. The Kier molecular flexibility index (Phi) is 9.10. The number of hydrogen-bond donors (Lipinski definition) is 2. The van der Waals surface area contributed by atoms with Crippen LogP contribution in [0.2, 0.25) is 0 Å². The van der Waals surface area contributed by atoms with Gasteiger partial charge < -0.3 is 19.8 Å². The number of piperidine rings is 1. The van der Waals surface area contributed by atoms with Gasteiger partial charge in [-0.05, 0) is 86.1 Å². The average Bonchev–Trinajstić information content (AvgIpc) is 3.27. The van der Waals surface area contributed by atoms with E-state index in [0.29, 0.717) is 40.2 Å². The highest BCUT2D eigenvalue weighted by Gasteiger charge is 2.32. The Bertz CT molecular complexity index is 1280. The van der Waals surface area contributed by atoms with Crippen LogP contribution in [0.25, 0.3) is 22.2 Å². The molecule has 0 spiro atoms. The minimum Gasteiger partial charge on any atom is -0.493 e. The van der Waals surface area contributed by atoms with Crippen LogP contribution in [-0.4, -0.2) is 61.9 Å². The number of alkyl halides is 3. The van der Waals surface area contributed by atoms with E-state index in [-0.39, 0.29) is 23.4 Å². The van der Waals surface area contributed by atoms with Crippen LogP contribution in [0.3, 0.4) is 0 Å². The molecular formula is C30H38F3N3O3. The molecule has 2 N–H and O–H groups in total. The minimum absolute atomic E-state index is 0.0513. The lowest BCUT2D eigenvalue weighted by Gasteiger charge is -2.32. The van der Waals surface area contributed by atoms with Crippen LogP contribution in [-0.2, 0) is 11.2 Å². The number of nitrogens with one attached hydrogen (secondary N) is 2. The molecule has 9 heteroatoms. The van der Waals surface area contributed by atoms with Crippen molar-refractivity contribution in [3.63, 3.8) is 0 Å². The molecule has 3 aromatic rings. The molecular weight excluding hydrogens is 507 g/mol. The molecule has 6 nitrogen and oxygen atoms in total. The second-order valence-corrected chi connectivity index (χ2v) is 10.3. The molecule has 0 saturated carbocycles. The van der Waals surface area contributed by atoms with Crippen LogP contribution in [0.15, 0.2) is 36.4 Å². The molecule has 1 aliphatic rings. The van der Waals surface area contributed by atoms with Crippen molar-refractivity contribution in [1.29, 1.82) is 0 Å². The fourth-order valence-corrected chi connectivity index (χ4v) is 5.54. The minimum atomic E-state index is -4.36. The van der Waals surface area contributed by atoms with Gasteiger partial charge in [0.25, 0.3) is 0 Å². The number of methoxy groups -OCH3 is 2. The summed E-state index contributed by atoms with van der Waals surface area (Å²) in [7, 11) is 3.02. The number of aromatic nitrogens is 1. The highest BCUT2D eigenvalue weighted by Crippen LogP contribution is 2.40. The maximum Gasteiger partial charge on any atom is 0.393 e. The monoisotopic (exact) mass is 545 g/mol. The third kappa shape index (κ3) is 6.87. The van der Waals surface area contributed by atoms with Crippen molar-refractivity contribution in [1.82, 2.24) is 15.2 Å². The molecule has 1 aromatic heterocycles. The predicted octanol–water partition coefficient (Wildman–Crippen LogP) is 6.44. The molecule has 2 aromatic carbocycles. The zero-order valence-electron chi connectivity index (χ0n) is 23.1. The number of halogens is 3. The Labute approximate surface area is 227 Å². The molecule has 212 valence electrons. The number of amides is 1. The van der Waals surface area contributed by atoms with E-state index in [1.165, 1.54) is 14.2 Å². The van der Waals surface area contributed by atoms with E-state index < -0.39 is 12.6 Å². The SMILES string of the molecule is CCC(CC)NC(=O)CN1CCC(c2ccc3[nH]c(-c4ccc(OC)c(OC)c4)c(CC(F)(F)F)c3c2)CC1. The van der Waals surface area contributed by atoms with E-state index in [0.717, 1.165) is 44.3 Å². The molecule has 1 saturated heterocycles. The van der Waals surface area contributed by atoms with Gasteiger partial charge in [0.2, 0.25) is 5.91 Å². The van der Waals surface area contributed by atoms with E-state index >= 15 is 0 Å². The highest BCUT2D eigenvalue weighted by atomic mass is 19.4. The van der Waals surface area contributed by atoms with Crippen LogP contribution in [0.4, 0.5) is 13.2 Å². The summed E-state index contributed by atoms with van der Waals surface area (Å²) in [6.45, 7) is 6.07. The fourth-order valence-electron chi connectivity index (χ4n) is 5.54. The Morgan fingerprint density at radius 3 is 2.36 bits per heavy atom. The van der Waals surface area contributed by atoms with Gasteiger partial charge in [0, 0.05) is 22.5 Å². The van der Waals surface area contributed by atoms with Gasteiger partial charge in [0.05, 0.1) is 32.9 Å². The molecule has 0 atom stereocenters. The van der Waals surface area contributed by atoms with E-state index in [1.54, 1.807) is 18.2 Å². The second kappa shape index (κ2) is 12.3. The summed E-state index contributed by atoms with van der Waals surface area (Å²) < 4.78 is 51.9. The lowest BCUT2D eigenvalue weighted by molar-refractivity contribution is -0.127. The second-order valence-electron chi connectivity index (χ2n) is 10.3. The number of H-pyrrole nitrogens is 1. The largest absolute Gasteiger partial charge is 0.493 e. The van der Waals surface area contributed by atoms with Crippen molar-refractivity contribution < 1.29 is 27.4 Å². The average molecular weight is 546 g/mol. The number of carbonyl (C=O) groups excluding carboxylic acids is 1. The van der Waals surface area contributed by atoms with E-state index in [4.69, 9.17) is 9.47 Å². The highest BCUT2D eigenvalue weighted by molar-refractivity contribution is 5.91. The standard InChI is InChI=1S/C30H38F3N3O3/c1-5-22(6-2)34-28(37)18-36-13-11-19(12-14-36)20-7-9-25-23(15-20)24(17-30(31,32)33)29(35-25)21-8-10-26(38-3)27(16-21)39-4/h7-10,15-16,19,22,35H,5-6,11-14,17-18H2,1-4H3,(H,34,37). The first-order valence-corrected chi connectivity index (χ1v) is 13.6. The zero-order chi connectivity index (χ0) is 28.2. The molecule has 1 fully saturated rings. The number of carbonyl (C=O) groups is 1. The van der Waals surface area contributed by atoms with E-state index in [9.17, 15) is 18.0 Å². The summed E-state index contributed by atoms with van der Waals surface area (Å²) >= 11 is 0. The van der Waals surface area contributed by atoms with Gasteiger partial charge in [-0.1, -0.05) is 19.9 Å². The number of nitrogens with zero attached hydrogens (tertiary/aromatic N) is 1. The number of benzene rings is 2. The van der Waals surface area contributed by atoms with Gasteiger partial charge in [0.15, 0.2) is 11.5 Å². The maximum atomic E-state index is 13.7. The van der Waals surface area contributed by atoms with Gasteiger partial charge in [0.1, 0.15) is 0 Å². The van der Waals surface area contributed by atoms with Crippen LogP contribution in [0, 0.1) is 0 Å². The topological polar surface area (TPSA) is 66.6 Å². The Morgan fingerprint density at radius 1 is 1.05 bits per heavy atom. The molecule has 0 radical (unpaired) electrons. The zero-order valence-corrected chi connectivity index (χ0v) is 23.1. The van der Waals surface area contributed by atoms with Crippen LogP contribution < -0.4 is 14.8 Å². The fraction of sp³-hybridized carbons (Fsp3) is 0.500. The van der Waals surface area contributed by atoms with Crippen molar-refractivity contribution >= 4 is 16.8 Å². The smallest absolute Gasteiger partial charge is 0.393 e. The van der Waals surface area contributed by atoms with Gasteiger partial charge in [-0.15, -0.1) is 0 Å². The number of hydrogen-bond acceptors (Lipinski definition) is 4. The third-order valence-electron chi connectivity index (χ3n) is 7.76. The van der Waals surface area contributed by atoms with E-state index in [2.05, 4.69) is 29.0 Å². The summed E-state index contributed by atoms with van der Waals surface area (Å²) in [5.74, 6) is 1.24. The summed E-state index contributed by atoms with van der Waals surface area (Å²) in [4.78, 5) is 17.8. The summed E-state index contributed by atoms with van der Waals surface area (Å²) in [5, 5.41) is 3.67.